The zero-order valence-electron chi connectivity index (χ0n) is 14.2. The van der Waals surface area contributed by atoms with Crippen LogP contribution in [0.4, 0.5) is 0 Å². The van der Waals surface area contributed by atoms with E-state index >= 15 is 0 Å². The van der Waals surface area contributed by atoms with Crippen molar-refractivity contribution in [3.05, 3.63) is 36.5 Å². The summed E-state index contributed by atoms with van der Waals surface area (Å²) < 4.78 is 11.7. The highest BCUT2D eigenvalue weighted by atomic mass is 16.8. The van der Waals surface area contributed by atoms with Crippen molar-refractivity contribution in [3.63, 3.8) is 0 Å². The Labute approximate surface area is 129 Å². The smallest absolute Gasteiger partial charge is 0.163 e. The number of allylic oxidation sites excluding steroid dienone is 3. The molecule has 0 aromatic carbocycles. The Bertz CT molecular complexity index is 413. The molecule has 120 valence electrons. The molecule has 0 aromatic heterocycles. The summed E-state index contributed by atoms with van der Waals surface area (Å²) in [6.07, 6.45) is 7.19. The summed E-state index contributed by atoms with van der Waals surface area (Å²) in [7, 11) is 0. The van der Waals surface area contributed by atoms with Crippen molar-refractivity contribution < 1.29 is 14.6 Å². The summed E-state index contributed by atoms with van der Waals surface area (Å²) in [6.45, 7) is 16.1. The van der Waals surface area contributed by atoms with Crippen molar-refractivity contribution in [1.82, 2.24) is 0 Å². The molecular formula is C18H30O3. The molecule has 1 aliphatic rings. The van der Waals surface area contributed by atoms with Gasteiger partial charge in [0.2, 0.25) is 0 Å². The van der Waals surface area contributed by atoms with Gasteiger partial charge >= 0.3 is 0 Å². The fraction of sp³-hybridized carbons (Fsp3) is 0.667. The standard InChI is InChI=1S/C18H30O3/c1-8-10-14(19)16-15(20-18(6,7)21-16)12-9-11-13(2)17(3,4)5/h8-11,14-16,19H,2,12H2,1,3-7H3/b10-8-,11-9+/t14?,15-,16+/m0/s1. The van der Waals surface area contributed by atoms with Gasteiger partial charge in [-0.25, -0.2) is 0 Å². The maximum Gasteiger partial charge on any atom is 0.163 e. The maximum absolute atomic E-state index is 10.2. The van der Waals surface area contributed by atoms with Gasteiger partial charge in [-0.15, -0.1) is 0 Å². The highest BCUT2D eigenvalue weighted by Gasteiger charge is 2.43. The summed E-state index contributed by atoms with van der Waals surface area (Å²) in [5.41, 5.74) is 1.14. The highest BCUT2D eigenvalue weighted by molar-refractivity contribution is 5.21. The lowest BCUT2D eigenvalue weighted by Crippen LogP contribution is -2.33. The van der Waals surface area contributed by atoms with Crippen LogP contribution in [0.1, 0.15) is 48.0 Å². The first-order valence-corrected chi connectivity index (χ1v) is 7.59. The molecule has 1 fully saturated rings. The Morgan fingerprint density at radius 3 is 2.48 bits per heavy atom. The van der Waals surface area contributed by atoms with Crippen LogP contribution in [0.15, 0.2) is 36.5 Å². The van der Waals surface area contributed by atoms with Gasteiger partial charge in [0, 0.05) is 0 Å². The van der Waals surface area contributed by atoms with Crippen LogP contribution in [-0.2, 0) is 9.47 Å². The average Bonchev–Trinajstić information content (AvgIpc) is 2.63. The normalized spacial score (nSPS) is 27.6. The van der Waals surface area contributed by atoms with E-state index in [0.29, 0.717) is 6.42 Å². The van der Waals surface area contributed by atoms with Crippen LogP contribution in [0.3, 0.4) is 0 Å². The number of aliphatic hydroxyl groups is 1. The molecule has 0 bridgehead atoms. The minimum atomic E-state index is -0.660. The zero-order chi connectivity index (χ0) is 16.3. The molecule has 1 unspecified atom stereocenters. The van der Waals surface area contributed by atoms with E-state index in [-0.39, 0.29) is 17.6 Å². The first-order chi connectivity index (χ1) is 9.57. The summed E-state index contributed by atoms with van der Waals surface area (Å²) in [6, 6.07) is 0. The largest absolute Gasteiger partial charge is 0.386 e. The number of rotatable bonds is 5. The lowest BCUT2D eigenvalue weighted by molar-refractivity contribution is -0.152. The van der Waals surface area contributed by atoms with E-state index in [1.807, 2.05) is 32.9 Å². The second-order valence-electron chi connectivity index (χ2n) is 7.07. The van der Waals surface area contributed by atoms with Gasteiger partial charge in [-0.1, -0.05) is 57.2 Å². The number of hydrogen-bond donors (Lipinski definition) is 1. The molecule has 0 aromatic rings. The summed E-state index contributed by atoms with van der Waals surface area (Å²) in [5, 5.41) is 10.2. The van der Waals surface area contributed by atoms with Gasteiger partial charge < -0.3 is 14.6 Å². The molecule has 0 aliphatic carbocycles. The van der Waals surface area contributed by atoms with Crippen molar-refractivity contribution in [2.45, 2.75) is 72.1 Å². The third kappa shape index (κ3) is 5.42. The van der Waals surface area contributed by atoms with Crippen molar-refractivity contribution in [2.75, 3.05) is 0 Å². The summed E-state index contributed by atoms with van der Waals surface area (Å²) in [5.74, 6) is -0.660. The molecule has 1 heterocycles. The molecule has 3 heteroatoms. The van der Waals surface area contributed by atoms with E-state index in [9.17, 15) is 5.11 Å². The van der Waals surface area contributed by atoms with E-state index in [2.05, 4.69) is 33.4 Å². The van der Waals surface area contributed by atoms with E-state index in [1.165, 1.54) is 0 Å². The molecule has 21 heavy (non-hydrogen) atoms. The van der Waals surface area contributed by atoms with Crippen molar-refractivity contribution in [2.24, 2.45) is 5.41 Å². The van der Waals surface area contributed by atoms with Crippen LogP contribution in [0, 0.1) is 5.41 Å². The van der Waals surface area contributed by atoms with Gasteiger partial charge in [0.25, 0.3) is 0 Å². The molecule has 3 nitrogen and oxygen atoms in total. The molecule has 1 aliphatic heterocycles. The fourth-order valence-electron chi connectivity index (χ4n) is 2.24. The van der Waals surface area contributed by atoms with Crippen LogP contribution in [0.25, 0.3) is 0 Å². The molecule has 1 saturated heterocycles. The fourth-order valence-corrected chi connectivity index (χ4v) is 2.24. The van der Waals surface area contributed by atoms with E-state index in [0.717, 1.165) is 5.57 Å². The summed E-state index contributed by atoms with van der Waals surface area (Å²) in [4.78, 5) is 0. The minimum Gasteiger partial charge on any atom is -0.386 e. The monoisotopic (exact) mass is 294 g/mol. The topological polar surface area (TPSA) is 38.7 Å². The Morgan fingerprint density at radius 1 is 1.33 bits per heavy atom. The van der Waals surface area contributed by atoms with E-state index in [4.69, 9.17) is 9.47 Å². The van der Waals surface area contributed by atoms with Gasteiger partial charge in [0.15, 0.2) is 5.79 Å². The molecule has 1 rings (SSSR count). The first-order valence-electron chi connectivity index (χ1n) is 7.59. The Balaban J connectivity index is 2.71. The van der Waals surface area contributed by atoms with E-state index < -0.39 is 11.9 Å². The van der Waals surface area contributed by atoms with Crippen molar-refractivity contribution >= 4 is 0 Å². The molecule has 0 radical (unpaired) electrons. The highest BCUT2D eigenvalue weighted by Crippen LogP contribution is 2.32. The molecule has 0 saturated carbocycles. The third-order valence-corrected chi connectivity index (χ3v) is 3.60. The molecule has 3 atom stereocenters. The maximum atomic E-state index is 10.2. The van der Waals surface area contributed by atoms with Crippen molar-refractivity contribution in [3.8, 4) is 0 Å². The van der Waals surface area contributed by atoms with Crippen molar-refractivity contribution in [1.29, 1.82) is 0 Å². The molecule has 0 spiro atoms. The lowest BCUT2D eigenvalue weighted by atomic mass is 9.87. The Kier molecular flexibility index (Phi) is 5.97. The third-order valence-electron chi connectivity index (χ3n) is 3.60. The Morgan fingerprint density at radius 2 is 1.95 bits per heavy atom. The predicted molar refractivity (Wildman–Crippen MR) is 87.0 cm³/mol. The van der Waals surface area contributed by atoms with Crippen LogP contribution in [-0.4, -0.2) is 29.2 Å². The van der Waals surface area contributed by atoms with Gasteiger partial charge in [0.05, 0.1) is 6.10 Å². The second-order valence-corrected chi connectivity index (χ2v) is 7.07. The number of ether oxygens (including phenoxy) is 2. The van der Waals surface area contributed by atoms with Gasteiger partial charge in [-0.05, 0) is 32.6 Å². The second kappa shape index (κ2) is 6.91. The van der Waals surface area contributed by atoms with Crippen LogP contribution < -0.4 is 0 Å². The molecule has 0 amide bonds. The minimum absolute atomic E-state index is 0.0622. The van der Waals surface area contributed by atoms with Crippen LogP contribution in [0.5, 0.6) is 0 Å². The SMILES string of the molecule is C=C(/C=C/C[C@@H]1OC(C)(C)O[C@@H]1C(O)/C=C\C)C(C)(C)C. The molecule has 1 N–H and O–H groups in total. The first kappa shape index (κ1) is 18.1. The van der Waals surface area contributed by atoms with Crippen LogP contribution >= 0.6 is 0 Å². The predicted octanol–water partition coefficient (Wildman–Crippen LogP) is 3.99. The molecular weight excluding hydrogens is 264 g/mol. The number of aliphatic hydroxyl groups excluding tert-OH is 1. The quantitative estimate of drug-likeness (QED) is 0.615. The summed E-state index contributed by atoms with van der Waals surface area (Å²) >= 11 is 0. The lowest BCUT2D eigenvalue weighted by Gasteiger charge is -2.20. The number of hydrogen-bond acceptors (Lipinski definition) is 3. The zero-order valence-corrected chi connectivity index (χ0v) is 14.2. The van der Waals surface area contributed by atoms with Crippen LogP contribution in [0.2, 0.25) is 0 Å². The van der Waals surface area contributed by atoms with Gasteiger partial charge in [-0.2, -0.15) is 0 Å². The Hall–Kier alpha value is -0.900. The van der Waals surface area contributed by atoms with Gasteiger partial charge in [0.1, 0.15) is 12.2 Å². The average molecular weight is 294 g/mol. The van der Waals surface area contributed by atoms with E-state index in [1.54, 1.807) is 6.08 Å². The van der Waals surface area contributed by atoms with Gasteiger partial charge in [-0.3, -0.25) is 0 Å².